The molecule has 0 nitrogen and oxygen atoms in total. The zero-order chi connectivity index (χ0) is 20.9. The highest BCUT2D eigenvalue weighted by molar-refractivity contribution is 6.87. The molecule has 0 amide bonds. The number of hydrogen-bond donors (Lipinski definition) is 0. The third kappa shape index (κ3) is 2.95. The lowest BCUT2D eigenvalue weighted by molar-refractivity contribution is 0.827. The maximum Gasteiger partial charge on any atom is 0.0934 e. The van der Waals surface area contributed by atoms with Crippen molar-refractivity contribution in [3.05, 3.63) is 123 Å². The Kier molecular flexibility index (Phi) is 4.67. The van der Waals surface area contributed by atoms with E-state index in [1.807, 2.05) is 0 Å². The van der Waals surface area contributed by atoms with Crippen molar-refractivity contribution < 1.29 is 0 Å². The summed E-state index contributed by atoms with van der Waals surface area (Å²) >= 11 is 0. The van der Waals surface area contributed by atoms with Crippen molar-refractivity contribution in [2.75, 3.05) is 0 Å². The maximum absolute atomic E-state index is 2.58. The summed E-state index contributed by atoms with van der Waals surface area (Å²) in [6.45, 7) is 9.85. The quantitative estimate of drug-likeness (QED) is 0.454. The SMILES string of the molecule is CC1=Cc2ccccc2C1[Si](C)(C)C1=C(C)C=C2C1=CC=CCC2c1ccccc1. The number of allylic oxidation sites excluding steroid dienone is 9. The molecular formula is C29H30Si. The van der Waals surface area contributed by atoms with E-state index < -0.39 is 8.07 Å². The van der Waals surface area contributed by atoms with E-state index in [4.69, 9.17) is 0 Å². The van der Waals surface area contributed by atoms with Crippen molar-refractivity contribution in [1.29, 1.82) is 0 Å². The molecule has 0 N–H and O–H groups in total. The first kappa shape index (κ1) is 19.3. The molecule has 2 aromatic rings. The normalized spacial score (nSPS) is 22.9. The third-order valence-electron chi connectivity index (χ3n) is 7.21. The number of rotatable bonds is 3. The summed E-state index contributed by atoms with van der Waals surface area (Å²) in [5, 5.41) is 1.65. The van der Waals surface area contributed by atoms with Crippen LogP contribution < -0.4 is 0 Å². The van der Waals surface area contributed by atoms with E-state index >= 15 is 0 Å². The van der Waals surface area contributed by atoms with E-state index in [1.54, 1.807) is 5.20 Å². The largest absolute Gasteiger partial charge is 0.0934 e. The van der Waals surface area contributed by atoms with E-state index in [9.17, 15) is 0 Å². The number of benzene rings is 2. The smallest absolute Gasteiger partial charge is 0.0836 e. The van der Waals surface area contributed by atoms with Gasteiger partial charge in [-0.15, -0.1) is 0 Å². The van der Waals surface area contributed by atoms with Gasteiger partial charge < -0.3 is 0 Å². The van der Waals surface area contributed by atoms with Crippen LogP contribution in [0.3, 0.4) is 0 Å². The highest BCUT2D eigenvalue weighted by Crippen LogP contribution is 2.52. The van der Waals surface area contributed by atoms with Crippen LogP contribution in [-0.4, -0.2) is 8.07 Å². The highest BCUT2D eigenvalue weighted by atomic mass is 28.3. The molecule has 5 rings (SSSR count). The van der Waals surface area contributed by atoms with Gasteiger partial charge in [0.1, 0.15) is 0 Å². The summed E-state index contributed by atoms with van der Waals surface area (Å²) in [7, 11) is -1.82. The van der Waals surface area contributed by atoms with E-state index in [0.717, 1.165) is 6.42 Å². The third-order valence-corrected chi connectivity index (χ3v) is 11.4. The van der Waals surface area contributed by atoms with Crippen LogP contribution in [-0.2, 0) is 0 Å². The zero-order valence-electron chi connectivity index (χ0n) is 18.4. The molecule has 0 saturated heterocycles. The molecule has 30 heavy (non-hydrogen) atoms. The molecular weight excluding hydrogens is 376 g/mol. The van der Waals surface area contributed by atoms with Gasteiger partial charge in [0.2, 0.25) is 0 Å². The van der Waals surface area contributed by atoms with Gasteiger partial charge in [0.25, 0.3) is 0 Å². The molecule has 0 spiro atoms. The lowest BCUT2D eigenvalue weighted by atomic mass is 9.86. The van der Waals surface area contributed by atoms with Crippen molar-refractivity contribution in [2.24, 2.45) is 0 Å². The van der Waals surface area contributed by atoms with Crippen LogP contribution in [0.5, 0.6) is 0 Å². The molecule has 3 aliphatic carbocycles. The van der Waals surface area contributed by atoms with Crippen LogP contribution in [0.25, 0.3) is 6.08 Å². The Bertz CT molecular complexity index is 1150. The summed E-state index contributed by atoms with van der Waals surface area (Å²) < 4.78 is 0. The second-order valence-corrected chi connectivity index (χ2v) is 14.1. The van der Waals surface area contributed by atoms with Gasteiger partial charge in [0.05, 0.1) is 8.07 Å². The van der Waals surface area contributed by atoms with E-state index in [0.29, 0.717) is 11.5 Å². The second kappa shape index (κ2) is 7.25. The molecule has 2 unspecified atom stereocenters. The van der Waals surface area contributed by atoms with Crippen molar-refractivity contribution >= 4 is 14.1 Å². The van der Waals surface area contributed by atoms with E-state index in [2.05, 4.69) is 112 Å². The minimum atomic E-state index is -1.82. The molecule has 0 aromatic heterocycles. The van der Waals surface area contributed by atoms with Gasteiger partial charge in [0.15, 0.2) is 0 Å². The molecule has 0 aliphatic heterocycles. The first-order valence-electron chi connectivity index (χ1n) is 11.1. The van der Waals surface area contributed by atoms with Gasteiger partial charge in [-0.25, -0.2) is 0 Å². The molecule has 0 heterocycles. The monoisotopic (exact) mass is 406 g/mol. The summed E-state index contributed by atoms with van der Waals surface area (Å²) in [5.41, 5.74) is 11.0. The Balaban J connectivity index is 1.58. The van der Waals surface area contributed by atoms with Crippen LogP contribution >= 0.6 is 0 Å². The van der Waals surface area contributed by atoms with Crippen LogP contribution in [0.4, 0.5) is 0 Å². The topological polar surface area (TPSA) is 0 Å². The molecule has 0 bridgehead atoms. The molecule has 2 atom stereocenters. The fraction of sp³-hybridized carbons (Fsp3) is 0.241. The fourth-order valence-electron chi connectivity index (χ4n) is 6.15. The Morgan fingerprint density at radius 3 is 2.40 bits per heavy atom. The maximum atomic E-state index is 2.58. The second-order valence-electron chi connectivity index (χ2n) is 9.54. The average Bonchev–Trinajstić information content (AvgIpc) is 3.17. The highest BCUT2D eigenvalue weighted by Gasteiger charge is 2.44. The minimum absolute atomic E-state index is 0.445. The van der Waals surface area contributed by atoms with Gasteiger partial charge in [-0.3, -0.25) is 0 Å². The predicted octanol–water partition coefficient (Wildman–Crippen LogP) is 7.90. The van der Waals surface area contributed by atoms with Gasteiger partial charge in [-0.1, -0.05) is 109 Å². The molecule has 0 saturated carbocycles. The van der Waals surface area contributed by atoms with Crippen molar-refractivity contribution in [3.63, 3.8) is 0 Å². The molecule has 1 heteroatoms. The Morgan fingerprint density at radius 1 is 0.867 bits per heavy atom. The summed E-state index contributed by atoms with van der Waals surface area (Å²) in [6, 6.07) is 20.1. The Labute approximate surface area is 182 Å². The van der Waals surface area contributed by atoms with Crippen LogP contribution in [0, 0.1) is 0 Å². The van der Waals surface area contributed by atoms with Crippen LogP contribution in [0.1, 0.15) is 48.4 Å². The van der Waals surface area contributed by atoms with Crippen molar-refractivity contribution in [1.82, 2.24) is 0 Å². The molecule has 2 aromatic carbocycles. The minimum Gasteiger partial charge on any atom is -0.0836 e. The summed E-state index contributed by atoms with van der Waals surface area (Å²) in [5.74, 6) is 0.445. The van der Waals surface area contributed by atoms with Gasteiger partial charge in [-0.05, 0) is 53.3 Å². The first-order valence-corrected chi connectivity index (χ1v) is 14.2. The van der Waals surface area contributed by atoms with Crippen molar-refractivity contribution in [2.45, 2.75) is 44.8 Å². The van der Waals surface area contributed by atoms with E-state index in [-0.39, 0.29) is 0 Å². The fourth-order valence-corrected chi connectivity index (χ4v) is 10.7. The standard InChI is InChI=1S/C29H30Si/c1-20-18-23-14-8-9-16-25(23)28(20)30(3,4)29-21(2)19-27-24(15-10-11-17-26(27)29)22-12-6-5-7-13-22/h5-14,16-19,24,28H,15H2,1-4H3. The average molecular weight is 407 g/mol. The van der Waals surface area contributed by atoms with E-state index in [1.165, 1.54) is 39.0 Å². The summed E-state index contributed by atoms with van der Waals surface area (Å²) in [6.07, 6.45) is 13.0. The number of fused-ring (bicyclic) bond motifs is 2. The Hall–Kier alpha value is -2.64. The zero-order valence-corrected chi connectivity index (χ0v) is 19.4. The molecule has 0 fully saturated rings. The van der Waals surface area contributed by atoms with Crippen LogP contribution in [0.15, 0.2) is 106 Å². The lowest BCUT2D eigenvalue weighted by Gasteiger charge is -2.36. The summed E-state index contributed by atoms with van der Waals surface area (Å²) in [4.78, 5) is 0. The van der Waals surface area contributed by atoms with Gasteiger partial charge >= 0.3 is 0 Å². The lowest BCUT2D eigenvalue weighted by Crippen LogP contribution is -2.39. The molecule has 150 valence electrons. The first-order chi connectivity index (χ1) is 14.5. The van der Waals surface area contributed by atoms with Gasteiger partial charge in [0, 0.05) is 11.5 Å². The predicted molar refractivity (Wildman–Crippen MR) is 132 cm³/mol. The van der Waals surface area contributed by atoms with Crippen LogP contribution in [0.2, 0.25) is 13.1 Å². The molecule has 0 radical (unpaired) electrons. The van der Waals surface area contributed by atoms with Gasteiger partial charge in [-0.2, -0.15) is 0 Å². The molecule has 3 aliphatic rings. The number of hydrogen-bond acceptors (Lipinski definition) is 0. The Morgan fingerprint density at radius 2 is 1.60 bits per heavy atom. The van der Waals surface area contributed by atoms with Crippen molar-refractivity contribution in [3.8, 4) is 0 Å².